The molecule has 0 heterocycles. The molecule has 2 bridgehead atoms. The third-order valence-corrected chi connectivity index (χ3v) is 4.61. The molecule has 94 valence electrons. The molecule has 4 heteroatoms. The van der Waals surface area contributed by atoms with Crippen molar-refractivity contribution in [1.82, 2.24) is 5.32 Å². The first-order valence-electron chi connectivity index (χ1n) is 6.05. The van der Waals surface area contributed by atoms with E-state index in [1.165, 1.54) is 16.0 Å². The fourth-order valence-corrected chi connectivity index (χ4v) is 3.80. The smallest absolute Gasteiger partial charge is 0.404 e. The second kappa shape index (κ2) is 4.35. The van der Waals surface area contributed by atoms with Crippen molar-refractivity contribution in [2.45, 2.75) is 29.7 Å². The lowest BCUT2D eigenvalue weighted by molar-refractivity contribution is 0.194. The van der Waals surface area contributed by atoms with Crippen molar-refractivity contribution >= 4 is 17.9 Å². The lowest BCUT2D eigenvalue weighted by atomic mass is 9.92. The first kappa shape index (κ1) is 11.7. The maximum atomic E-state index is 10.6. The van der Waals surface area contributed by atoms with Crippen molar-refractivity contribution in [3.63, 3.8) is 0 Å². The molecule has 3 rings (SSSR count). The van der Waals surface area contributed by atoms with E-state index in [-0.39, 0.29) is 0 Å². The van der Waals surface area contributed by atoms with Gasteiger partial charge in [-0.2, -0.15) is 0 Å². The molecule has 0 radical (unpaired) electrons. The van der Waals surface area contributed by atoms with Crippen molar-refractivity contribution in [1.29, 1.82) is 0 Å². The summed E-state index contributed by atoms with van der Waals surface area (Å²) in [6.45, 7) is 0.406. The minimum absolute atomic E-state index is 0.406. The van der Waals surface area contributed by atoms with E-state index in [0.717, 1.165) is 12.0 Å². The highest BCUT2D eigenvalue weighted by atomic mass is 32.2. The summed E-state index contributed by atoms with van der Waals surface area (Å²) in [5, 5.41) is 11.2. The first-order valence-corrected chi connectivity index (χ1v) is 7.28. The van der Waals surface area contributed by atoms with E-state index in [9.17, 15) is 4.79 Å². The Bertz CT molecular complexity index is 539. The summed E-state index contributed by atoms with van der Waals surface area (Å²) in [4.78, 5) is 12.0. The van der Waals surface area contributed by atoms with E-state index in [1.807, 2.05) is 0 Å². The van der Waals surface area contributed by atoms with Gasteiger partial charge in [0, 0.05) is 23.3 Å². The lowest BCUT2D eigenvalue weighted by Gasteiger charge is -2.18. The zero-order valence-electron chi connectivity index (χ0n) is 10.1. The minimum Gasteiger partial charge on any atom is -0.465 e. The zero-order valence-corrected chi connectivity index (χ0v) is 11.0. The van der Waals surface area contributed by atoms with E-state index in [1.54, 1.807) is 11.8 Å². The van der Waals surface area contributed by atoms with Crippen LogP contribution in [0.15, 0.2) is 29.2 Å². The number of benzene rings is 1. The number of hydrogen-bond donors (Lipinski definition) is 2. The monoisotopic (exact) mass is 261 g/mol. The minimum atomic E-state index is -0.962. The average Bonchev–Trinajstić information content (AvgIpc) is 2.97. The number of rotatable bonds is 3. The molecule has 0 aliphatic heterocycles. The van der Waals surface area contributed by atoms with Gasteiger partial charge in [0.1, 0.15) is 0 Å². The Kier molecular flexibility index (Phi) is 2.82. The molecule has 0 spiro atoms. The topological polar surface area (TPSA) is 49.3 Å². The Morgan fingerprint density at radius 2 is 2.11 bits per heavy atom. The molecule has 3 nitrogen and oxygen atoms in total. The number of allylic oxidation sites excluding steroid dienone is 2. The summed E-state index contributed by atoms with van der Waals surface area (Å²) in [6, 6.07) is 4.19. The summed E-state index contributed by atoms with van der Waals surface area (Å²) in [6.07, 6.45) is 6.85. The lowest BCUT2D eigenvalue weighted by Crippen LogP contribution is -2.21. The van der Waals surface area contributed by atoms with Gasteiger partial charge in [-0.25, -0.2) is 4.79 Å². The zero-order chi connectivity index (χ0) is 12.7. The third-order valence-electron chi connectivity index (χ3n) is 3.81. The molecule has 0 fully saturated rings. The molecule has 1 aromatic rings. The van der Waals surface area contributed by atoms with E-state index >= 15 is 0 Å². The first-order chi connectivity index (χ1) is 8.70. The molecule has 2 aliphatic carbocycles. The van der Waals surface area contributed by atoms with E-state index in [0.29, 0.717) is 18.4 Å². The molecule has 1 aromatic carbocycles. The number of nitrogens with one attached hydrogen (secondary N) is 1. The van der Waals surface area contributed by atoms with Crippen molar-refractivity contribution in [3.8, 4) is 0 Å². The molecule has 1 amide bonds. The van der Waals surface area contributed by atoms with Crippen LogP contribution in [0.1, 0.15) is 34.9 Å². The quantitative estimate of drug-likeness (QED) is 0.648. The summed E-state index contributed by atoms with van der Waals surface area (Å²) in [7, 11) is 0. The van der Waals surface area contributed by atoms with Crippen molar-refractivity contribution in [2.24, 2.45) is 0 Å². The van der Waals surface area contributed by atoms with Crippen LogP contribution in [0.5, 0.6) is 0 Å². The fraction of sp³-hybridized carbons (Fsp3) is 0.357. The number of carbonyl (C=O) groups is 1. The van der Waals surface area contributed by atoms with E-state index in [2.05, 4.69) is 35.9 Å². The van der Waals surface area contributed by atoms with Crippen molar-refractivity contribution < 1.29 is 9.90 Å². The van der Waals surface area contributed by atoms with Crippen molar-refractivity contribution in [2.75, 3.05) is 6.26 Å². The van der Waals surface area contributed by atoms with Gasteiger partial charge in [0.15, 0.2) is 0 Å². The Balaban J connectivity index is 2.01. The molecular formula is C14H15NO2S. The Morgan fingerprint density at radius 1 is 1.39 bits per heavy atom. The number of carboxylic acid groups (broad SMARTS) is 1. The van der Waals surface area contributed by atoms with Crippen LogP contribution < -0.4 is 5.32 Å². The Morgan fingerprint density at radius 3 is 2.78 bits per heavy atom. The van der Waals surface area contributed by atoms with Gasteiger partial charge in [0.25, 0.3) is 0 Å². The normalized spacial score (nSPS) is 23.2. The largest absolute Gasteiger partial charge is 0.465 e. The molecular weight excluding hydrogens is 246 g/mol. The molecule has 0 saturated heterocycles. The summed E-state index contributed by atoms with van der Waals surface area (Å²) >= 11 is 1.78. The molecule has 0 saturated carbocycles. The fourth-order valence-electron chi connectivity index (χ4n) is 3.11. The van der Waals surface area contributed by atoms with E-state index in [4.69, 9.17) is 5.11 Å². The maximum absolute atomic E-state index is 10.6. The van der Waals surface area contributed by atoms with Crippen LogP contribution in [0.3, 0.4) is 0 Å². The van der Waals surface area contributed by atoms with Crippen LogP contribution in [0.4, 0.5) is 4.79 Å². The van der Waals surface area contributed by atoms with Crippen LogP contribution in [0, 0.1) is 0 Å². The second-order valence-electron chi connectivity index (χ2n) is 4.75. The predicted molar refractivity (Wildman–Crippen MR) is 72.3 cm³/mol. The predicted octanol–water partition coefficient (Wildman–Crippen LogP) is 3.32. The van der Waals surface area contributed by atoms with Crippen LogP contribution >= 0.6 is 11.8 Å². The van der Waals surface area contributed by atoms with Gasteiger partial charge < -0.3 is 10.4 Å². The van der Waals surface area contributed by atoms with Crippen molar-refractivity contribution in [3.05, 3.63) is 41.0 Å². The van der Waals surface area contributed by atoms with Crippen LogP contribution in [0.25, 0.3) is 0 Å². The van der Waals surface area contributed by atoms with Gasteiger partial charge in [-0.05, 0) is 35.4 Å². The highest BCUT2D eigenvalue weighted by molar-refractivity contribution is 7.98. The summed E-state index contributed by atoms with van der Waals surface area (Å²) in [5.74, 6) is 1.03. The van der Waals surface area contributed by atoms with Gasteiger partial charge in [-0.15, -0.1) is 11.8 Å². The Labute approximate surface area is 110 Å². The molecule has 0 aromatic heterocycles. The summed E-state index contributed by atoms with van der Waals surface area (Å²) in [5.41, 5.74) is 3.92. The van der Waals surface area contributed by atoms with Gasteiger partial charge in [-0.1, -0.05) is 18.2 Å². The van der Waals surface area contributed by atoms with Crippen LogP contribution in [-0.4, -0.2) is 17.5 Å². The van der Waals surface area contributed by atoms with Gasteiger partial charge in [-0.3, -0.25) is 0 Å². The number of hydrogen-bond acceptors (Lipinski definition) is 2. The average molecular weight is 261 g/mol. The highest BCUT2D eigenvalue weighted by Gasteiger charge is 2.36. The Hall–Kier alpha value is -1.42. The third kappa shape index (κ3) is 1.72. The number of fused-ring (bicyclic) bond motifs is 5. The molecule has 2 unspecified atom stereocenters. The van der Waals surface area contributed by atoms with Gasteiger partial charge in [0.05, 0.1) is 0 Å². The standard InChI is InChI=1S/C14H15NO2S/c1-18-11-5-4-10(7-15-14(16)17)12-8-2-3-9(6-8)13(11)12/h2-5,8-9,15H,6-7H2,1H3,(H,16,17). The highest BCUT2D eigenvalue weighted by Crippen LogP contribution is 2.52. The number of thioether (sulfide) groups is 1. The summed E-state index contributed by atoms with van der Waals surface area (Å²) < 4.78 is 0. The molecule has 2 aliphatic rings. The van der Waals surface area contributed by atoms with Gasteiger partial charge >= 0.3 is 6.09 Å². The van der Waals surface area contributed by atoms with Crippen LogP contribution in [0.2, 0.25) is 0 Å². The molecule has 2 N–H and O–H groups in total. The second-order valence-corrected chi connectivity index (χ2v) is 5.59. The van der Waals surface area contributed by atoms with E-state index < -0.39 is 6.09 Å². The molecule has 2 atom stereocenters. The molecule has 18 heavy (non-hydrogen) atoms. The maximum Gasteiger partial charge on any atom is 0.404 e. The number of amides is 1. The van der Waals surface area contributed by atoms with Gasteiger partial charge in [0.2, 0.25) is 0 Å². The van der Waals surface area contributed by atoms with Crippen LogP contribution in [-0.2, 0) is 6.54 Å². The SMILES string of the molecule is CSc1ccc(CNC(=O)O)c2c1C1C=CC2C1.